The molecule has 204 valence electrons. The Hall–Kier alpha value is -3.17. The quantitative estimate of drug-likeness (QED) is 0.264. The fourth-order valence-corrected chi connectivity index (χ4v) is 4.07. The number of rotatable bonds is 10. The number of halogens is 1. The minimum Gasteiger partial charge on any atom is -0.481 e. The van der Waals surface area contributed by atoms with E-state index in [-0.39, 0.29) is 24.9 Å². The molecule has 0 amide bonds. The number of benzene rings is 2. The first kappa shape index (κ1) is 29.4. The van der Waals surface area contributed by atoms with Gasteiger partial charge in [-0.1, -0.05) is 56.3 Å². The van der Waals surface area contributed by atoms with Crippen LogP contribution in [0.25, 0.3) is 28.1 Å². The monoisotopic (exact) mass is 524 g/mol. The second-order valence-corrected chi connectivity index (χ2v) is 10.1. The van der Waals surface area contributed by atoms with Crippen molar-refractivity contribution in [3.8, 4) is 11.1 Å². The van der Waals surface area contributed by atoms with Gasteiger partial charge in [0.2, 0.25) is 0 Å². The number of hydrogen-bond donors (Lipinski definition) is 5. The Morgan fingerprint density at radius 2 is 1.79 bits per heavy atom. The Bertz CT molecular complexity index is 1240. The SMILES string of the molecule is CC(C)[C@@H](N)CO.O=C(O)C[C@H](O)C[C@H](O)C=Cc1c(C2CC2)nc2ccccc2c1-c1ccc(F)cc1. The van der Waals surface area contributed by atoms with Gasteiger partial charge in [0, 0.05) is 34.9 Å². The molecule has 0 spiro atoms. The van der Waals surface area contributed by atoms with Gasteiger partial charge in [0.1, 0.15) is 5.82 Å². The lowest BCUT2D eigenvalue weighted by atomic mass is 9.92. The molecule has 1 saturated carbocycles. The van der Waals surface area contributed by atoms with E-state index in [1.54, 1.807) is 24.3 Å². The number of hydrogen-bond acceptors (Lipinski definition) is 6. The van der Waals surface area contributed by atoms with Gasteiger partial charge in [-0.25, -0.2) is 4.39 Å². The first-order chi connectivity index (χ1) is 18.1. The van der Waals surface area contributed by atoms with Crippen molar-refractivity contribution in [3.63, 3.8) is 0 Å². The molecular formula is C30H37FN2O5. The van der Waals surface area contributed by atoms with E-state index in [9.17, 15) is 19.4 Å². The van der Waals surface area contributed by atoms with E-state index in [2.05, 4.69) is 0 Å². The number of aliphatic hydroxyl groups is 3. The summed E-state index contributed by atoms with van der Waals surface area (Å²) in [6, 6.07) is 14.1. The predicted octanol–water partition coefficient (Wildman–Crippen LogP) is 4.48. The average molecular weight is 525 g/mol. The normalized spacial score (nSPS) is 15.8. The predicted molar refractivity (Wildman–Crippen MR) is 147 cm³/mol. The maximum atomic E-state index is 13.6. The fraction of sp³-hybridized carbons (Fsp3) is 0.400. The summed E-state index contributed by atoms with van der Waals surface area (Å²) in [6.45, 7) is 4.07. The highest BCUT2D eigenvalue weighted by atomic mass is 19.1. The maximum absolute atomic E-state index is 13.6. The number of nitrogens with zero attached hydrogens (tertiary/aromatic N) is 1. The van der Waals surface area contributed by atoms with Crippen LogP contribution >= 0.6 is 0 Å². The van der Waals surface area contributed by atoms with Crippen LogP contribution in [-0.2, 0) is 4.79 Å². The van der Waals surface area contributed by atoms with E-state index >= 15 is 0 Å². The molecule has 3 aromatic rings. The number of carboxylic acid groups (broad SMARTS) is 1. The van der Waals surface area contributed by atoms with Crippen molar-refractivity contribution >= 4 is 22.9 Å². The Balaban J connectivity index is 0.000000505. The van der Waals surface area contributed by atoms with Crippen molar-refractivity contribution in [3.05, 3.63) is 71.7 Å². The average Bonchev–Trinajstić information content (AvgIpc) is 3.72. The number of aliphatic hydroxyl groups excluding tert-OH is 3. The summed E-state index contributed by atoms with van der Waals surface area (Å²) >= 11 is 0. The van der Waals surface area contributed by atoms with Crippen molar-refractivity contribution in [1.29, 1.82) is 0 Å². The molecule has 0 unspecified atom stereocenters. The van der Waals surface area contributed by atoms with Crippen molar-refractivity contribution in [2.75, 3.05) is 6.61 Å². The Labute approximate surface area is 222 Å². The first-order valence-electron chi connectivity index (χ1n) is 12.9. The Morgan fingerprint density at radius 3 is 2.34 bits per heavy atom. The van der Waals surface area contributed by atoms with Crippen LogP contribution in [0.3, 0.4) is 0 Å². The zero-order valence-electron chi connectivity index (χ0n) is 21.8. The third-order valence-electron chi connectivity index (χ3n) is 6.53. The zero-order valence-corrected chi connectivity index (χ0v) is 21.8. The van der Waals surface area contributed by atoms with Gasteiger partial charge in [0.05, 0.1) is 36.4 Å². The van der Waals surface area contributed by atoms with Gasteiger partial charge < -0.3 is 26.2 Å². The third kappa shape index (κ3) is 8.16. The summed E-state index contributed by atoms with van der Waals surface area (Å²) in [7, 11) is 0. The molecule has 1 fully saturated rings. The maximum Gasteiger partial charge on any atom is 0.305 e. The molecule has 0 bridgehead atoms. The van der Waals surface area contributed by atoms with E-state index in [0.717, 1.165) is 46.1 Å². The van der Waals surface area contributed by atoms with Crippen LogP contribution in [-0.4, -0.2) is 56.2 Å². The molecule has 0 radical (unpaired) electrons. The molecule has 1 heterocycles. The molecule has 2 aromatic carbocycles. The summed E-state index contributed by atoms with van der Waals surface area (Å²) in [5.41, 5.74) is 9.79. The molecule has 1 aliphatic carbocycles. The minimum atomic E-state index is -1.13. The highest BCUT2D eigenvalue weighted by Gasteiger charge is 2.29. The summed E-state index contributed by atoms with van der Waals surface area (Å²) in [5.74, 6) is -0.704. The minimum absolute atomic E-state index is 0.0417. The number of aliphatic carboxylic acids is 1. The van der Waals surface area contributed by atoms with Crippen molar-refractivity contribution in [2.24, 2.45) is 11.7 Å². The molecule has 1 aliphatic rings. The number of carboxylic acids is 1. The van der Waals surface area contributed by atoms with Crippen molar-refractivity contribution in [2.45, 2.75) is 63.7 Å². The number of para-hydroxylation sites is 1. The molecule has 0 aliphatic heterocycles. The van der Waals surface area contributed by atoms with Crippen LogP contribution in [0, 0.1) is 11.7 Å². The van der Waals surface area contributed by atoms with Gasteiger partial charge in [0.25, 0.3) is 0 Å². The van der Waals surface area contributed by atoms with E-state index < -0.39 is 24.6 Å². The molecule has 4 rings (SSSR count). The van der Waals surface area contributed by atoms with Gasteiger partial charge in [0.15, 0.2) is 0 Å². The van der Waals surface area contributed by atoms with Crippen LogP contribution in [0.4, 0.5) is 4.39 Å². The zero-order chi connectivity index (χ0) is 27.8. The lowest BCUT2D eigenvalue weighted by Gasteiger charge is -2.16. The van der Waals surface area contributed by atoms with Crippen molar-refractivity contribution < 1.29 is 29.6 Å². The number of fused-ring (bicyclic) bond motifs is 1. The van der Waals surface area contributed by atoms with Crippen LogP contribution < -0.4 is 5.73 Å². The number of carbonyl (C=O) groups is 1. The molecule has 0 saturated heterocycles. The molecule has 3 atom stereocenters. The van der Waals surface area contributed by atoms with E-state index in [4.69, 9.17) is 20.9 Å². The Morgan fingerprint density at radius 1 is 1.13 bits per heavy atom. The lowest BCUT2D eigenvalue weighted by molar-refractivity contribution is -0.139. The van der Waals surface area contributed by atoms with E-state index in [0.29, 0.717) is 11.8 Å². The van der Waals surface area contributed by atoms with Gasteiger partial charge in [-0.05, 0) is 42.5 Å². The topological polar surface area (TPSA) is 137 Å². The standard InChI is InChI=1S/C25H24FNO4.C5H13NO/c26-17-9-7-15(8-10-17)24-20-3-1-2-4-22(20)27-25(16-5-6-16)21(24)12-11-18(28)13-19(29)14-23(30)31;1-4(2)5(6)3-7/h1-4,7-12,16,18-19,28-29H,5-6,13-14H2,(H,30,31);4-5,7H,3,6H2,1-2H3/t18-,19-;5-/m10/s1. The lowest BCUT2D eigenvalue weighted by Crippen LogP contribution is -2.29. The smallest absolute Gasteiger partial charge is 0.305 e. The largest absolute Gasteiger partial charge is 0.481 e. The molecule has 6 N–H and O–H groups in total. The summed E-state index contributed by atoms with van der Waals surface area (Å²) in [6.07, 6.45) is 2.80. The molecular weight excluding hydrogens is 487 g/mol. The van der Waals surface area contributed by atoms with E-state index in [1.165, 1.54) is 12.1 Å². The molecule has 38 heavy (non-hydrogen) atoms. The second-order valence-electron chi connectivity index (χ2n) is 10.1. The summed E-state index contributed by atoms with van der Waals surface area (Å²) in [4.78, 5) is 15.6. The second kappa shape index (κ2) is 13.6. The third-order valence-corrected chi connectivity index (χ3v) is 6.53. The fourth-order valence-electron chi connectivity index (χ4n) is 4.07. The van der Waals surface area contributed by atoms with Crippen LogP contribution in [0.5, 0.6) is 0 Å². The van der Waals surface area contributed by atoms with Gasteiger partial charge >= 0.3 is 5.97 Å². The summed E-state index contributed by atoms with van der Waals surface area (Å²) in [5, 5.41) is 38.3. The highest BCUT2D eigenvalue weighted by molar-refractivity contribution is 5.99. The molecule has 1 aromatic heterocycles. The van der Waals surface area contributed by atoms with Crippen molar-refractivity contribution in [1.82, 2.24) is 4.98 Å². The van der Waals surface area contributed by atoms with Crippen LogP contribution in [0.2, 0.25) is 0 Å². The van der Waals surface area contributed by atoms with E-state index in [1.807, 2.05) is 38.1 Å². The van der Waals surface area contributed by atoms with Gasteiger partial charge in [-0.2, -0.15) is 0 Å². The number of aromatic nitrogens is 1. The molecule has 8 heteroatoms. The molecule has 7 nitrogen and oxygen atoms in total. The van der Waals surface area contributed by atoms with Crippen LogP contribution in [0.15, 0.2) is 54.6 Å². The highest BCUT2D eigenvalue weighted by Crippen LogP contribution is 2.45. The number of nitrogens with two attached hydrogens (primary N) is 1. The van der Waals surface area contributed by atoms with Crippen LogP contribution in [0.1, 0.15) is 56.7 Å². The Kier molecular flexibility index (Phi) is 10.5. The number of pyridine rings is 1. The van der Waals surface area contributed by atoms with Gasteiger partial charge in [-0.3, -0.25) is 9.78 Å². The summed E-state index contributed by atoms with van der Waals surface area (Å²) < 4.78 is 13.6. The van der Waals surface area contributed by atoms with Gasteiger partial charge in [-0.15, -0.1) is 0 Å². The first-order valence-corrected chi connectivity index (χ1v) is 12.9.